The van der Waals surface area contributed by atoms with Crippen LogP contribution in [0.5, 0.6) is 0 Å². The SMILES string of the molecule is C=C(OO)N(C(O)CC(=O)O)C(O)CC(=O)O. The van der Waals surface area contributed by atoms with Crippen molar-refractivity contribution in [2.24, 2.45) is 0 Å². The minimum Gasteiger partial charge on any atom is -0.481 e. The van der Waals surface area contributed by atoms with Crippen molar-refractivity contribution in [3.63, 3.8) is 0 Å². The second-order valence-corrected chi connectivity index (χ2v) is 3.05. The van der Waals surface area contributed by atoms with Gasteiger partial charge in [0.05, 0.1) is 12.8 Å². The van der Waals surface area contributed by atoms with Crippen LogP contribution in [-0.2, 0) is 14.5 Å². The average Bonchev–Trinajstić information content (AvgIpc) is 2.14. The van der Waals surface area contributed by atoms with E-state index in [1.807, 2.05) is 0 Å². The van der Waals surface area contributed by atoms with Crippen molar-refractivity contribution in [3.05, 3.63) is 12.5 Å². The van der Waals surface area contributed by atoms with Crippen molar-refractivity contribution in [2.75, 3.05) is 0 Å². The van der Waals surface area contributed by atoms with Gasteiger partial charge >= 0.3 is 11.9 Å². The van der Waals surface area contributed by atoms with E-state index >= 15 is 0 Å². The van der Waals surface area contributed by atoms with Crippen molar-refractivity contribution >= 4 is 11.9 Å². The molecule has 0 rings (SSSR count). The number of carboxylic acids is 2. The van der Waals surface area contributed by atoms with E-state index in [0.29, 0.717) is 4.90 Å². The van der Waals surface area contributed by atoms with Crippen molar-refractivity contribution in [3.8, 4) is 0 Å². The highest BCUT2D eigenvalue weighted by atomic mass is 17.1. The Labute approximate surface area is 95.7 Å². The number of hydrogen-bond donors (Lipinski definition) is 5. The molecule has 9 heteroatoms. The summed E-state index contributed by atoms with van der Waals surface area (Å²) in [6.07, 6.45) is -5.22. The Morgan fingerprint density at radius 1 is 1.12 bits per heavy atom. The van der Waals surface area contributed by atoms with Crippen LogP contribution in [0.25, 0.3) is 0 Å². The summed E-state index contributed by atoms with van der Waals surface area (Å²) < 4.78 is 0. The number of aliphatic hydroxyl groups excluding tert-OH is 2. The van der Waals surface area contributed by atoms with E-state index < -0.39 is 43.1 Å². The van der Waals surface area contributed by atoms with E-state index in [4.69, 9.17) is 15.5 Å². The van der Waals surface area contributed by atoms with E-state index in [-0.39, 0.29) is 0 Å². The molecule has 0 aliphatic rings. The molecule has 0 amide bonds. The largest absolute Gasteiger partial charge is 0.481 e. The van der Waals surface area contributed by atoms with Gasteiger partial charge in [-0.25, -0.2) is 5.26 Å². The van der Waals surface area contributed by atoms with E-state index in [0.717, 1.165) is 0 Å². The van der Waals surface area contributed by atoms with Gasteiger partial charge in [0.25, 0.3) is 0 Å². The first-order chi connectivity index (χ1) is 7.79. The lowest BCUT2D eigenvalue weighted by Crippen LogP contribution is -2.44. The standard InChI is InChI=1S/C8H13NO8/c1-4(17-16)9(5(10)2-7(12)13)6(11)3-8(14)15/h5-6,10-11,16H,1-3H2,(H,12,13)(H,14,15). The number of carboxylic acid groups (broad SMARTS) is 2. The molecule has 9 nitrogen and oxygen atoms in total. The van der Waals surface area contributed by atoms with Gasteiger partial charge in [0.15, 0.2) is 0 Å². The Morgan fingerprint density at radius 2 is 1.47 bits per heavy atom. The van der Waals surface area contributed by atoms with Gasteiger partial charge in [0.1, 0.15) is 12.5 Å². The van der Waals surface area contributed by atoms with Crippen molar-refractivity contribution < 1.29 is 40.2 Å². The summed E-state index contributed by atoms with van der Waals surface area (Å²) in [6, 6.07) is 0. The molecule has 98 valence electrons. The number of nitrogens with zero attached hydrogens (tertiary/aromatic N) is 1. The Hall–Kier alpha value is -1.84. The third kappa shape index (κ3) is 5.15. The molecular formula is C8H13NO8. The molecule has 0 aliphatic carbocycles. The van der Waals surface area contributed by atoms with Crippen LogP contribution in [0.1, 0.15) is 12.8 Å². The van der Waals surface area contributed by atoms with Gasteiger partial charge in [0.2, 0.25) is 5.88 Å². The maximum atomic E-state index is 10.4. The molecule has 2 atom stereocenters. The Bertz CT molecular complexity index is 282. The molecule has 17 heavy (non-hydrogen) atoms. The molecule has 0 heterocycles. The summed E-state index contributed by atoms with van der Waals surface area (Å²) in [7, 11) is 0. The molecule has 0 spiro atoms. The third-order valence-corrected chi connectivity index (χ3v) is 1.75. The van der Waals surface area contributed by atoms with E-state index in [2.05, 4.69) is 11.5 Å². The summed E-state index contributed by atoms with van der Waals surface area (Å²) in [4.78, 5) is 24.8. The van der Waals surface area contributed by atoms with Crippen molar-refractivity contribution in [1.82, 2.24) is 4.90 Å². The molecule has 0 aromatic heterocycles. The fourth-order valence-corrected chi connectivity index (χ4v) is 1.09. The Balaban J connectivity index is 4.79. The summed E-state index contributed by atoms with van der Waals surface area (Å²) >= 11 is 0. The lowest BCUT2D eigenvalue weighted by atomic mass is 10.3. The summed E-state index contributed by atoms with van der Waals surface area (Å²) in [5.41, 5.74) is 0. The first-order valence-corrected chi connectivity index (χ1v) is 4.38. The quantitative estimate of drug-likeness (QED) is 0.156. The first kappa shape index (κ1) is 15.2. The van der Waals surface area contributed by atoms with Crippen LogP contribution in [0.4, 0.5) is 0 Å². The van der Waals surface area contributed by atoms with Crippen LogP contribution in [0.15, 0.2) is 12.5 Å². The van der Waals surface area contributed by atoms with Gasteiger partial charge in [-0.05, 0) is 6.58 Å². The van der Waals surface area contributed by atoms with Crippen molar-refractivity contribution in [1.29, 1.82) is 0 Å². The van der Waals surface area contributed by atoms with Gasteiger partial charge in [-0.1, -0.05) is 0 Å². The van der Waals surface area contributed by atoms with Gasteiger partial charge in [-0.3, -0.25) is 14.5 Å². The zero-order valence-corrected chi connectivity index (χ0v) is 8.68. The second-order valence-electron chi connectivity index (χ2n) is 3.05. The Kier molecular flexibility index (Phi) is 5.96. The predicted molar refractivity (Wildman–Crippen MR) is 51.2 cm³/mol. The number of carbonyl (C=O) groups is 2. The molecule has 0 radical (unpaired) electrons. The third-order valence-electron chi connectivity index (χ3n) is 1.75. The highest BCUT2D eigenvalue weighted by Crippen LogP contribution is 2.15. The molecule has 5 N–H and O–H groups in total. The molecule has 0 aromatic carbocycles. The molecule has 0 bridgehead atoms. The maximum absolute atomic E-state index is 10.4. The highest BCUT2D eigenvalue weighted by Gasteiger charge is 2.29. The molecule has 0 saturated carbocycles. The number of aliphatic carboxylic acids is 2. The van der Waals surface area contributed by atoms with E-state index in [9.17, 15) is 19.8 Å². The smallest absolute Gasteiger partial charge is 0.307 e. The molecule has 0 aliphatic heterocycles. The zero-order chi connectivity index (χ0) is 13.6. The van der Waals surface area contributed by atoms with Gasteiger partial charge in [-0.15, -0.1) is 0 Å². The molecule has 2 unspecified atom stereocenters. The fourth-order valence-electron chi connectivity index (χ4n) is 1.09. The number of rotatable bonds is 8. The molecule has 0 fully saturated rings. The van der Waals surface area contributed by atoms with E-state index in [1.54, 1.807) is 0 Å². The summed E-state index contributed by atoms with van der Waals surface area (Å²) in [5.74, 6) is -3.46. The highest BCUT2D eigenvalue weighted by molar-refractivity contribution is 5.68. The van der Waals surface area contributed by atoms with Crippen LogP contribution >= 0.6 is 0 Å². The molecular weight excluding hydrogens is 238 g/mol. The van der Waals surface area contributed by atoms with E-state index in [1.165, 1.54) is 0 Å². The lowest BCUT2D eigenvalue weighted by molar-refractivity contribution is -0.250. The number of hydrogen-bond acceptors (Lipinski definition) is 7. The monoisotopic (exact) mass is 251 g/mol. The van der Waals surface area contributed by atoms with Gasteiger partial charge in [0, 0.05) is 0 Å². The topological polar surface area (TPSA) is 148 Å². The van der Waals surface area contributed by atoms with Crippen LogP contribution in [0.3, 0.4) is 0 Å². The Morgan fingerprint density at radius 3 is 1.71 bits per heavy atom. The maximum Gasteiger partial charge on any atom is 0.307 e. The molecule has 0 saturated heterocycles. The van der Waals surface area contributed by atoms with Gasteiger partial charge in [-0.2, -0.15) is 0 Å². The zero-order valence-electron chi connectivity index (χ0n) is 8.68. The van der Waals surface area contributed by atoms with Crippen molar-refractivity contribution in [2.45, 2.75) is 25.3 Å². The van der Waals surface area contributed by atoms with Gasteiger partial charge < -0.3 is 25.3 Å². The lowest BCUT2D eigenvalue weighted by Gasteiger charge is -2.31. The molecule has 0 aromatic rings. The van der Waals surface area contributed by atoms with Crippen LogP contribution in [-0.4, -0.2) is 55.0 Å². The average molecular weight is 251 g/mol. The fraction of sp³-hybridized carbons (Fsp3) is 0.500. The van der Waals surface area contributed by atoms with Crippen LogP contribution in [0, 0.1) is 0 Å². The minimum atomic E-state index is -1.79. The van der Waals surface area contributed by atoms with Crippen LogP contribution < -0.4 is 0 Å². The normalized spacial score (nSPS) is 13.6. The summed E-state index contributed by atoms with van der Waals surface area (Å²) in [6.45, 7) is 3.08. The first-order valence-electron chi connectivity index (χ1n) is 4.38. The van der Waals surface area contributed by atoms with Crippen LogP contribution in [0.2, 0.25) is 0 Å². The predicted octanol–water partition coefficient (Wildman–Crippen LogP) is -1.16. The number of aliphatic hydroxyl groups is 2. The minimum absolute atomic E-state index is 0.433. The summed E-state index contributed by atoms with van der Waals surface area (Å²) in [5, 5.41) is 44.0. The second kappa shape index (κ2) is 6.68.